The Bertz CT molecular complexity index is 355. The lowest BCUT2D eigenvalue weighted by atomic mass is 9.99. The van der Waals surface area contributed by atoms with E-state index in [2.05, 4.69) is 18.7 Å². The number of nitrogens with zero attached hydrogens (tertiary/aromatic N) is 1. The summed E-state index contributed by atoms with van der Waals surface area (Å²) in [5.74, 6) is -0.236. The zero-order valence-electron chi connectivity index (χ0n) is 11.6. The Kier molecular flexibility index (Phi) is 5.72. The van der Waals surface area contributed by atoms with Crippen LogP contribution in [0.15, 0.2) is 24.3 Å². The minimum Gasteiger partial charge on any atom is -0.383 e. The van der Waals surface area contributed by atoms with E-state index in [0.29, 0.717) is 6.61 Å². The number of halogens is 1. The Labute approximate surface area is 109 Å². The van der Waals surface area contributed by atoms with Gasteiger partial charge in [0.15, 0.2) is 0 Å². The molecule has 3 atom stereocenters. The fourth-order valence-corrected chi connectivity index (χ4v) is 1.98. The summed E-state index contributed by atoms with van der Waals surface area (Å²) in [6.07, 6.45) is 0. The molecule has 0 aliphatic carbocycles. The number of hydrogen-bond acceptors (Lipinski definition) is 3. The summed E-state index contributed by atoms with van der Waals surface area (Å²) in [6, 6.07) is 6.67. The van der Waals surface area contributed by atoms with Crippen LogP contribution < -0.4 is 5.73 Å². The number of hydrogen-bond donors (Lipinski definition) is 1. The van der Waals surface area contributed by atoms with Crippen molar-refractivity contribution in [2.45, 2.75) is 32.0 Å². The molecule has 0 bridgehead atoms. The molecule has 3 nitrogen and oxygen atoms in total. The molecule has 102 valence electrons. The smallest absolute Gasteiger partial charge is 0.123 e. The molecule has 0 spiro atoms. The maximum absolute atomic E-state index is 12.9. The van der Waals surface area contributed by atoms with Crippen LogP contribution in [0.4, 0.5) is 4.39 Å². The molecule has 0 fully saturated rings. The van der Waals surface area contributed by atoms with E-state index in [4.69, 9.17) is 10.5 Å². The molecule has 1 rings (SSSR count). The van der Waals surface area contributed by atoms with Gasteiger partial charge < -0.3 is 10.5 Å². The highest BCUT2D eigenvalue weighted by Gasteiger charge is 2.22. The Balaban J connectivity index is 2.70. The van der Waals surface area contributed by atoms with Gasteiger partial charge in [-0.1, -0.05) is 12.1 Å². The predicted octanol–water partition coefficient (Wildman–Crippen LogP) is 2.18. The lowest BCUT2D eigenvalue weighted by molar-refractivity contribution is 0.0859. The van der Waals surface area contributed by atoms with Crippen LogP contribution in [0.25, 0.3) is 0 Å². The van der Waals surface area contributed by atoms with Gasteiger partial charge >= 0.3 is 0 Å². The molecule has 18 heavy (non-hydrogen) atoms. The SMILES string of the molecule is COCC(C)N(C)C(C)C(N)c1ccc(F)cc1. The molecule has 1 aromatic carbocycles. The number of likely N-dealkylation sites (N-methyl/N-ethyl adjacent to an activating group) is 1. The van der Waals surface area contributed by atoms with Gasteiger partial charge in [-0.3, -0.25) is 4.90 Å². The minimum atomic E-state index is -0.236. The van der Waals surface area contributed by atoms with E-state index in [1.165, 1.54) is 12.1 Å². The van der Waals surface area contributed by atoms with Crippen LogP contribution >= 0.6 is 0 Å². The lowest BCUT2D eigenvalue weighted by Crippen LogP contribution is -2.44. The molecule has 1 aromatic rings. The van der Waals surface area contributed by atoms with E-state index >= 15 is 0 Å². The van der Waals surface area contributed by atoms with Crippen LogP contribution in [-0.4, -0.2) is 37.7 Å². The molecule has 2 N–H and O–H groups in total. The first-order valence-corrected chi connectivity index (χ1v) is 6.19. The van der Waals surface area contributed by atoms with E-state index < -0.39 is 0 Å². The molecule has 0 amide bonds. The van der Waals surface area contributed by atoms with Crippen molar-refractivity contribution in [3.05, 3.63) is 35.6 Å². The van der Waals surface area contributed by atoms with Gasteiger partial charge in [0, 0.05) is 25.2 Å². The summed E-state index contributed by atoms with van der Waals surface area (Å²) in [5.41, 5.74) is 7.16. The minimum absolute atomic E-state index is 0.144. The predicted molar refractivity (Wildman–Crippen MR) is 71.9 cm³/mol. The standard InChI is InChI=1S/C14H23FN2O/c1-10(9-18-4)17(3)11(2)14(16)12-5-7-13(15)8-6-12/h5-8,10-11,14H,9,16H2,1-4H3. The van der Waals surface area contributed by atoms with Crippen molar-refractivity contribution in [3.8, 4) is 0 Å². The van der Waals surface area contributed by atoms with Crippen molar-refractivity contribution < 1.29 is 9.13 Å². The monoisotopic (exact) mass is 254 g/mol. The second-order valence-corrected chi connectivity index (χ2v) is 4.79. The van der Waals surface area contributed by atoms with Gasteiger partial charge in [0.2, 0.25) is 0 Å². The van der Waals surface area contributed by atoms with E-state index in [1.54, 1.807) is 19.2 Å². The first-order chi connectivity index (χ1) is 8.47. The first kappa shape index (κ1) is 15.1. The summed E-state index contributed by atoms with van der Waals surface area (Å²) in [6.45, 7) is 4.83. The van der Waals surface area contributed by atoms with Crippen LogP contribution in [0.3, 0.4) is 0 Å². The van der Waals surface area contributed by atoms with Crippen LogP contribution in [0.2, 0.25) is 0 Å². The van der Waals surface area contributed by atoms with Gasteiger partial charge in [0.25, 0.3) is 0 Å². The van der Waals surface area contributed by atoms with Gasteiger partial charge in [-0.2, -0.15) is 0 Å². The zero-order chi connectivity index (χ0) is 13.7. The number of ether oxygens (including phenoxy) is 1. The number of methoxy groups -OCH3 is 1. The van der Waals surface area contributed by atoms with Gasteiger partial charge in [-0.15, -0.1) is 0 Å². The van der Waals surface area contributed by atoms with E-state index in [9.17, 15) is 4.39 Å². The van der Waals surface area contributed by atoms with E-state index in [0.717, 1.165) is 5.56 Å². The number of rotatable bonds is 6. The van der Waals surface area contributed by atoms with Crippen molar-refractivity contribution in [2.75, 3.05) is 20.8 Å². The fraction of sp³-hybridized carbons (Fsp3) is 0.571. The summed E-state index contributed by atoms with van der Waals surface area (Å²) in [4.78, 5) is 2.18. The lowest BCUT2D eigenvalue weighted by Gasteiger charge is -2.34. The molecule has 0 saturated carbocycles. The highest BCUT2D eigenvalue weighted by Crippen LogP contribution is 2.19. The second-order valence-electron chi connectivity index (χ2n) is 4.79. The normalized spacial score (nSPS) is 16.6. The summed E-state index contributed by atoms with van der Waals surface area (Å²) >= 11 is 0. The van der Waals surface area contributed by atoms with Gasteiger partial charge in [-0.25, -0.2) is 4.39 Å². The quantitative estimate of drug-likeness (QED) is 0.845. The van der Waals surface area contributed by atoms with Crippen LogP contribution in [0.1, 0.15) is 25.5 Å². The molecule has 3 unspecified atom stereocenters. The third-order valence-corrected chi connectivity index (χ3v) is 3.52. The number of benzene rings is 1. The average molecular weight is 254 g/mol. The second kappa shape index (κ2) is 6.83. The van der Waals surface area contributed by atoms with Crippen molar-refractivity contribution >= 4 is 0 Å². The van der Waals surface area contributed by atoms with Crippen molar-refractivity contribution in [1.29, 1.82) is 0 Å². The molecule has 0 heterocycles. The molecule has 4 heteroatoms. The summed E-state index contributed by atoms with van der Waals surface area (Å²) < 4.78 is 18.0. The highest BCUT2D eigenvalue weighted by atomic mass is 19.1. The van der Waals surface area contributed by atoms with E-state index in [1.807, 2.05) is 7.05 Å². The topological polar surface area (TPSA) is 38.5 Å². The van der Waals surface area contributed by atoms with Crippen LogP contribution in [-0.2, 0) is 4.74 Å². The molecular formula is C14H23FN2O. The molecule has 0 aliphatic rings. The fourth-order valence-electron chi connectivity index (χ4n) is 1.98. The van der Waals surface area contributed by atoms with Crippen molar-refractivity contribution in [3.63, 3.8) is 0 Å². The first-order valence-electron chi connectivity index (χ1n) is 6.19. The van der Waals surface area contributed by atoms with Gasteiger partial charge in [0.05, 0.1) is 6.61 Å². The van der Waals surface area contributed by atoms with Crippen LogP contribution in [0.5, 0.6) is 0 Å². The van der Waals surface area contributed by atoms with Crippen molar-refractivity contribution in [2.24, 2.45) is 5.73 Å². The Morgan fingerprint density at radius 1 is 1.28 bits per heavy atom. The maximum atomic E-state index is 12.9. The Morgan fingerprint density at radius 3 is 2.33 bits per heavy atom. The largest absolute Gasteiger partial charge is 0.383 e. The van der Waals surface area contributed by atoms with Crippen molar-refractivity contribution in [1.82, 2.24) is 4.90 Å². The molecule has 0 radical (unpaired) electrons. The van der Waals surface area contributed by atoms with Gasteiger partial charge in [-0.05, 0) is 38.6 Å². The third-order valence-electron chi connectivity index (χ3n) is 3.52. The van der Waals surface area contributed by atoms with E-state index in [-0.39, 0.29) is 23.9 Å². The third kappa shape index (κ3) is 3.77. The average Bonchev–Trinajstić information content (AvgIpc) is 2.37. The van der Waals surface area contributed by atoms with Gasteiger partial charge in [0.1, 0.15) is 5.82 Å². The highest BCUT2D eigenvalue weighted by molar-refractivity contribution is 5.20. The Morgan fingerprint density at radius 2 is 1.83 bits per heavy atom. The number of nitrogens with two attached hydrogens (primary N) is 1. The molecule has 0 aliphatic heterocycles. The molecule has 0 aromatic heterocycles. The Hall–Kier alpha value is -0.970. The summed E-state index contributed by atoms with van der Waals surface area (Å²) in [7, 11) is 3.71. The van der Waals surface area contributed by atoms with Crippen LogP contribution in [0, 0.1) is 5.82 Å². The maximum Gasteiger partial charge on any atom is 0.123 e. The molecule has 0 saturated heterocycles. The molecular weight excluding hydrogens is 231 g/mol. The zero-order valence-corrected chi connectivity index (χ0v) is 11.6. The summed E-state index contributed by atoms with van der Waals surface area (Å²) in [5, 5.41) is 0.